The standard InChI is InChI=1S/C18H25N5O/c1-13-4-3-5-14(8-13)10-22-11-15(24)9-16(22)18-20-19-17-12-21(2)6-7-23(17)18/h3-5,8,15-16,24H,6-7,9-12H2,1-2H3/t15-,16-/m0/s1. The van der Waals surface area contributed by atoms with Crippen LogP contribution in [-0.2, 0) is 19.6 Å². The fourth-order valence-corrected chi connectivity index (χ4v) is 3.92. The molecule has 6 nitrogen and oxygen atoms in total. The number of hydrogen-bond donors (Lipinski definition) is 1. The Labute approximate surface area is 142 Å². The second-order valence-corrected chi connectivity index (χ2v) is 7.19. The van der Waals surface area contributed by atoms with Gasteiger partial charge in [-0.25, -0.2) is 0 Å². The van der Waals surface area contributed by atoms with Crippen LogP contribution in [0, 0.1) is 6.92 Å². The molecule has 1 aromatic carbocycles. The summed E-state index contributed by atoms with van der Waals surface area (Å²) in [5, 5.41) is 19.1. The topological polar surface area (TPSA) is 57.4 Å². The number of likely N-dealkylation sites (tertiary alicyclic amines) is 1. The van der Waals surface area contributed by atoms with E-state index < -0.39 is 0 Å². The van der Waals surface area contributed by atoms with Gasteiger partial charge in [-0.05, 0) is 26.0 Å². The molecule has 0 amide bonds. The highest BCUT2D eigenvalue weighted by atomic mass is 16.3. The molecule has 1 aromatic heterocycles. The van der Waals surface area contributed by atoms with E-state index in [1.807, 2.05) is 0 Å². The normalized spacial score (nSPS) is 25.1. The van der Waals surface area contributed by atoms with Crippen LogP contribution < -0.4 is 0 Å². The van der Waals surface area contributed by atoms with E-state index in [0.29, 0.717) is 6.54 Å². The van der Waals surface area contributed by atoms with Crippen molar-refractivity contribution in [3.63, 3.8) is 0 Å². The molecule has 24 heavy (non-hydrogen) atoms. The smallest absolute Gasteiger partial charge is 0.150 e. The first-order valence-corrected chi connectivity index (χ1v) is 8.68. The maximum atomic E-state index is 10.2. The van der Waals surface area contributed by atoms with Crippen molar-refractivity contribution in [2.24, 2.45) is 0 Å². The van der Waals surface area contributed by atoms with Crippen molar-refractivity contribution in [3.05, 3.63) is 47.0 Å². The van der Waals surface area contributed by atoms with E-state index in [0.717, 1.165) is 44.2 Å². The summed E-state index contributed by atoms with van der Waals surface area (Å²) in [6.45, 7) is 6.45. The average molecular weight is 327 g/mol. The van der Waals surface area contributed by atoms with Crippen LogP contribution in [0.5, 0.6) is 0 Å². The average Bonchev–Trinajstić information content (AvgIpc) is 3.10. The Morgan fingerprint density at radius 1 is 1.25 bits per heavy atom. The van der Waals surface area contributed by atoms with Crippen LogP contribution >= 0.6 is 0 Å². The quantitative estimate of drug-likeness (QED) is 0.922. The van der Waals surface area contributed by atoms with Crippen LogP contribution in [0.2, 0.25) is 0 Å². The molecule has 3 heterocycles. The highest BCUT2D eigenvalue weighted by molar-refractivity contribution is 5.22. The van der Waals surface area contributed by atoms with Gasteiger partial charge in [0.25, 0.3) is 0 Å². The summed E-state index contributed by atoms with van der Waals surface area (Å²) < 4.78 is 2.26. The third kappa shape index (κ3) is 2.97. The van der Waals surface area contributed by atoms with E-state index in [4.69, 9.17) is 0 Å². The maximum absolute atomic E-state index is 10.2. The molecule has 1 saturated heterocycles. The number of aliphatic hydroxyl groups excluding tert-OH is 1. The predicted octanol–water partition coefficient (Wildman–Crippen LogP) is 1.34. The molecule has 6 heteroatoms. The number of β-amino-alcohol motifs (C(OH)–C–C–N with tert-alkyl or cyclic N) is 1. The second kappa shape index (κ2) is 6.27. The lowest BCUT2D eigenvalue weighted by Gasteiger charge is -2.27. The van der Waals surface area contributed by atoms with Gasteiger partial charge in [-0.1, -0.05) is 29.8 Å². The zero-order valence-corrected chi connectivity index (χ0v) is 14.4. The molecule has 2 aromatic rings. The van der Waals surface area contributed by atoms with E-state index in [-0.39, 0.29) is 12.1 Å². The Hall–Kier alpha value is -1.76. The van der Waals surface area contributed by atoms with Gasteiger partial charge in [0.15, 0.2) is 5.82 Å². The van der Waals surface area contributed by atoms with E-state index >= 15 is 0 Å². The van der Waals surface area contributed by atoms with Crippen molar-refractivity contribution in [1.82, 2.24) is 24.6 Å². The molecular formula is C18H25N5O. The number of likely N-dealkylation sites (N-methyl/N-ethyl adjacent to an activating group) is 1. The van der Waals surface area contributed by atoms with Crippen molar-refractivity contribution in [1.29, 1.82) is 0 Å². The largest absolute Gasteiger partial charge is 0.392 e. The Morgan fingerprint density at radius 2 is 2.12 bits per heavy atom. The maximum Gasteiger partial charge on any atom is 0.150 e. The van der Waals surface area contributed by atoms with Gasteiger partial charge in [-0.15, -0.1) is 10.2 Å². The molecule has 1 N–H and O–H groups in total. The lowest BCUT2D eigenvalue weighted by atomic mass is 10.1. The first kappa shape index (κ1) is 15.7. The minimum atomic E-state index is -0.293. The summed E-state index contributed by atoms with van der Waals surface area (Å²) in [7, 11) is 2.11. The highest BCUT2D eigenvalue weighted by Crippen LogP contribution is 2.33. The molecule has 0 aliphatic carbocycles. The number of aliphatic hydroxyl groups is 1. The van der Waals surface area contributed by atoms with Gasteiger partial charge in [0.05, 0.1) is 18.7 Å². The zero-order chi connectivity index (χ0) is 16.7. The number of benzene rings is 1. The van der Waals surface area contributed by atoms with Gasteiger partial charge in [0, 0.05) is 26.2 Å². The lowest BCUT2D eigenvalue weighted by Crippen LogP contribution is -2.33. The van der Waals surface area contributed by atoms with Gasteiger partial charge < -0.3 is 9.67 Å². The minimum absolute atomic E-state index is 0.144. The molecule has 0 spiro atoms. The van der Waals surface area contributed by atoms with Gasteiger partial charge in [-0.3, -0.25) is 9.80 Å². The Balaban J connectivity index is 1.59. The van der Waals surface area contributed by atoms with Crippen molar-refractivity contribution in [3.8, 4) is 0 Å². The predicted molar refractivity (Wildman–Crippen MR) is 91.3 cm³/mol. The number of nitrogens with zero attached hydrogens (tertiary/aromatic N) is 5. The van der Waals surface area contributed by atoms with E-state index in [1.54, 1.807) is 0 Å². The van der Waals surface area contributed by atoms with Crippen LogP contribution in [0.25, 0.3) is 0 Å². The van der Waals surface area contributed by atoms with Gasteiger partial charge in [0.1, 0.15) is 5.82 Å². The summed E-state index contributed by atoms with van der Waals surface area (Å²) in [5.41, 5.74) is 2.55. The van der Waals surface area contributed by atoms with Crippen LogP contribution in [0.15, 0.2) is 24.3 Å². The zero-order valence-electron chi connectivity index (χ0n) is 14.4. The Bertz CT molecular complexity index is 728. The molecule has 0 unspecified atom stereocenters. The summed E-state index contributed by atoms with van der Waals surface area (Å²) in [5.74, 6) is 2.05. The fourth-order valence-electron chi connectivity index (χ4n) is 3.92. The minimum Gasteiger partial charge on any atom is -0.392 e. The molecule has 0 bridgehead atoms. The summed E-state index contributed by atoms with van der Waals surface area (Å²) in [6, 6.07) is 8.73. The molecule has 1 fully saturated rings. The van der Waals surface area contributed by atoms with Crippen LogP contribution in [0.3, 0.4) is 0 Å². The molecule has 4 rings (SSSR count). The van der Waals surface area contributed by atoms with E-state index in [2.05, 4.69) is 62.8 Å². The van der Waals surface area contributed by atoms with Crippen molar-refractivity contribution >= 4 is 0 Å². The Morgan fingerprint density at radius 3 is 2.96 bits per heavy atom. The number of aryl methyl sites for hydroxylation is 1. The fraction of sp³-hybridized carbons (Fsp3) is 0.556. The SMILES string of the molecule is Cc1cccc(CN2C[C@@H](O)C[C@H]2c2nnc3n2CCN(C)C3)c1. The van der Waals surface area contributed by atoms with Crippen LogP contribution in [-0.4, -0.2) is 55.9 Å². The number of rotatable bonds is 3. The van der Waals surface area contributed by atoms with Gasteiger partial charge >= 0.3 is 0 Å². The molecule has 128 valence electrons. The molecule has 0 radical (unpaired) electrons. The van der Waals surface area contributed by atoms with Crippen LogP contribution in [0.4, 0.5) is 0 Å². The van der Waals surface area contributed by atoms with Crippen LogP contribution in [0.1, 0.15) is 35.2 Å². The van der Waals surface area contributed by atoms with Gasteiger partial charge in [-0.2, -0.15) is 0 Å². The molecular weight excluding hydrogens is 302 g/mol. The monoisotopic (exact) mass is 327 g/mol. The number of aromatic nitrogens is 3. The highest BCUT2D eigenvalue weighted by Gasteiger charge is 2.36. The van der Waals surface area contributed by atoms with E-state index in [1.165, 1.54) is 11.1 Å². The molecule has 2 aliphatic heterocycles. The van der Waals surface area contributed by atoms with Crippen molar-refractivity contribution in [2.45, 2.75) is 45.1 Å². The third-order valence-corrected chi connectivity index (χ3v) is 5.12. The summed E-state index contributed by atoms with van der Waals surface area (Å²) >= 11 is 0. The van der Waals surface area contributed by atoms with Crippen molar-refractivity contribution in [2.75, 3.05) is 20.1 Å². The number of hydrogen-bond acceptors (Lipinski definition) is 5. The van der Waals surface area contributed by atoms with Gasteiger partial charge in [0.2, 0.25) is 0 Å². The van der Waals surface area contributed by atoms with Crippen molar-refractivity contribution < 1.29 is 5.11 Å². The third-order valence-electron chi connectivity index (χ3n) is 5.12. The molecule has 0 saturated carbocycles. The molecule has 2 atom stereocenters. The summed E-state index contributed by atoms with van der Waals surface area (Å²) in [6.07, 6.45) is 0.443. The number of fused-ring (bicyclic) bond motifs is 1. The Kier molecular flexibility index (Phi) is 4.12. The first-order valence-electron chi connectivity index (χ1n) is 8.68. The summed E-state index contributed by atoms with van der Waals surface area (Å²) in [4.78, 5) is 4.61. The lowest BCUT2D eigenvalue weighted by molar-refractivity contribution is 0.171. The van der Waals surface area contributed by atoms with E-state index in [9.17, 15) is 5.11 Å². The second-order valence-electron chi connectivity index (χ2n) is 7.19. The first-order chi connectivity index (χ1) is 11.6. The molecule has 2 aliphatic rings.